The Morgan fingerprint density at radius 3 is 2.84 bits per heavy atom. The third kappa shape index (κ3) is 2.59. The summed E-state index contributed by atoms with van der Waals surface area (Å²) in [5, 5.41) is 5.90. The fourth-order valence-corrected chi connectivity index (χ4v) is 2.97. The van der Waals surface area contributed by atoms with Crippen molar-refractivity contribution < 1.29 is 4.74 Å². The summed E-state index contributed by atoms with van der Waals surface area (Å²) in [6.07, 6.45) is 2.61. The standard InChI is InChI=1S/C17H21NO/c1-2-16(14-10-11-18-12-14)19-17-9-5-7-13-6-3-4-8-15(13)17/h3-9,14,16,18H,2,10-12H2,1H3/t14-,16?/m0/s1. The molecule has 3 rings (SSSR count). The second-order valence-electron chi connectivity index (χ2n) is 5.29. The fourth-order valence-electron chi connectivity index (χ4n) is 2.97. The molecule has 1 aliphatic rings. The van der Waals surface area contributed by atoms with Crippen molar-refractivity contribution in [2.45, 2.75) is 25.9 Å². The molecule has 2 aromatic carbocycles. The summed E-state index contributed by atoms with van der Waals surface area (Å²) in [7, 11) is 0. The lowest BCUT2D eigenvalue weighted by Gasteiger charge is -2.23. The molecule has 2 atom stereocenters. The van der Waals surface area contributed by atoms with Crippen molar-refractivity contribution >= 4 is 10.8 Å². The highest BCUT2D eigenvalue weighted by Gasteiger charge is 2.25. The van der Waals surface area contributed by atoms with E-state index in [1.165, 1.54) is 17.2 Å². The van der Waals surface area contributed by atoms with Crippen LogP contribution in [0, 0.1) is 5.92 Å². The highest BCUT2D eigenvalue weighted by molar-refractivity contribution is 5.88. The molecule has 0 spiro atoms. The third-order valence-electron chi connectivity index (χ3n) is 4.05. The Labute approximate surface area is 114 Å². The van der Waals surface area contributed by atoms with Crippen LogP contribution in [0.1, 0.15) is 19.8 Å². The zero-order chi connectivity index (χ0) is 13.1. The van der Waals surface area contributed by atoms with E-state index in [-0.39, 0.29) is 0 Å². The second kappa shape index (κ2) is 5.62. The van der Waals surface area contributed by atoms with Crippen LogP contribution in [0.2, 0.25) is 0 Å². The lowest BCUT2D eigenvalue weighted by atomic mass is 9.99. The number of ether oxygens (including phenoxy) is 1. The topological polar surface area (TPSA) is 21.3 Å². The van der Waals surface area contributed by atoms with Crippen molar-refractivity contribution in [3.63, 3.8) is 0 Å². The predicted octanol–water partition coefficient (Wildman–Crippen LogP) is 3.61. The largest absolute Gasteiger partial charge is 0.489 e. The first-order valence-electron chi connectivity index (χ1n) is 7.23. The van der Waals surface area contributed by atoms with Crippen LogP contribution in [0.15, 0.2) is 42.5 Å². The van der Waals surface area contributed by atoms with Crippen LogP contribution in [-0.2, 0) is 0 Å². The Morgan fingerprint density at radius 1 is 1.21 bits per heavy atom. The van der Waals surface area contributed by atoms with Crippen LogP contribution in [-0.4, -0.2) is 19.2 Å². The normalized spacial score (nSPS) is 20.6. The monoisotopic (exact) mass is 255 g/mol. The van der Waals surface area contributed by atoms with E-state index in [1.807, 2.05) is 0 Å². The Balaban J connectivity index is 1.87. The number of rotatable bonds is 4. The van der Waals surface area contributed by atoms with Crippen molar-refractivity contribution in [2.24, 2.45) is 5.92 Å². The van der Waals surface area contributed by atoms with Crippen LogP contribution < -0.4 is 10.1 Å². The number of hydrogen-bond acceptors (Lipinski definition) is 2. The maximum atomic E-state index is 6.32. The zero-order valence-corrected chi connectivity index (χ0v) is 11.4. The van der Waals surface area contributed by atoms with E-state index < -0.39 is 0 Å². The molecule has 0 radical (unpaired) electrons. The number of fused-ring (bicyclic) bond motifs is 1. The van der Waals surface area contributed by atoms with Crippen molar-refractivity contribution in [2.75, 3.05) is 13.1 Å². The van der Waals surface area contributed by atoms with Gasteiger partial charge in [-0.3, -0.25) is 0 Å². The molecule has 0 amide bonds. The smallest absolute Gasteiger partial charge is 0.127 e. The first-order valence-corrected chi connectivity index (χ1v) is 7.23. The van der Waals surface area contributed by atoms with Gasteiger partial charge >= 0.3 is 0 Å². The average molecular weight is 255 g/mol. The molecule has 0 aromatic heterocycles. The molecular formula is C17H21NO. The van der Waals surface area contributed by atoms with Crippen LogP contribution in [0.4, 0.5) is 0 Å². The Hall–Kier alpha value is -1.54. The fraction of sp³-hybridized carbons (Fsp3) is 0.412. The van der Waals surface area contributed by atoms with Gasteiger partial charge in [-0.25, -0.2) is 0 Å². The Kier molecular flexibility index (Phi) is 3.69. The van der Waals surface area contributed by atoms with Crippen LogP contribution in [0.3, 0.4) is 0 Å². The number of nitrogens with one attached hydrogen (secondary N) is 1. The molecule has 2 nitrogen and oxygen atoms in total. The van der Waals surface area contributed by atoms with Crippen LogP contribution in [0.5, 0.6) is 5.75 Å². The summed E-state index contributed by atoms with van der Waals surface area (Å²) >= 11 is 0. The van der Waals surface area contributed by atoms with Gasteiger partial charge in [0.2, 0.25) is 0 Å². The molecule has 2 heteroatoms. The average Bonchev–Trinajstić information content (AvgIpc) is 2.99. The zero-order valence-electron chi connectivity index (χ0n) is 11.4. The molecule has 1 aliphatic heterocycles. The number of benzene rings is 2. The summed E-state index contributed by atoms with van der Waals surface area (Å²) < 4.78 is 6.32. The molecular weight excluding hydrogens is 234 g/mol. The van der Waals surface area contributed by atoms with Crippen molar-refractivity contribution in [1.82, 2.24) is 5.32 Å². The van der Waals surface area contributed by atoms with E-state index in [0.29, 0.717) is 12.0 Å². The first-order chi connectivity index (χ1) is 9.38. The van der Waals surface area contributed by atoms with Gasteiger partial charge in [0.1, 0.15) is 11.9 Å². The minimum Gasteiger partial charge on any atom is -0.489 e. The number of hydrogen-bond donors (Lipinski definition) is 1. The summed E-state index contributed by atoms with van der Waals surface area (Å²) in [6.45, 7) is 4.43. The quantitative estimate of drug-likeness (QED) is 0.901. The summed E-state index contributed by atoms with van der Waals surface area (Å²) in [4.78, 5) is 0. The Bertz CT molecular complexity index is 540. The molecule has 0 aliphatic carbocycles. The first kappa shape index (κ1) is 12.5. The lowest BCUT2D eigenvalue weighted by Crippen LogP contribution is -2.28. The van der Waals surface area contributed by atoms with E-state index >= 15 is 0 Å². The molecule has 1 saturated heterocycles. The highest BCUT2D eigenvalue weighted by atomic mass is 16.5. The molecule has 0 saturated carbocycles. The van der Waals surface area contributed by atoms with Gasteiger partial charge in [-0.05, 0) is 30.8 Å². The van der Waals surface area contributed by atoms with Gasteiger partial charge in [0.15, 0.2) is 0 Å². The van der Waals surface area contributed by atoms with E-state index in [4.69, 9.17) is 4.74 Å². The molecule has 2 aromatic rings. The third-order valence-corrected chi connectivity index (χ3v) is 4.05. The summed E-state index contributed by atoms with van der Waals surface area (Å²) in [6, 6.07) is 14.7. The van der Waals surface area contributed by atoms with Crippen molar-refractivity contribution in [3.8, 4) is 5.75 Å². The van der Waals surface area contributed by atoms with Crippen LogP contribution >= 0.6 is 0 Å². The van der Waals surface area contributed by atoms with Gasteiger partial charge in [-0.2, -0.15) is 0 Å². The molecule has 0 bridgehead atoms. The maximum absolute atomic E-state index is 6.32. The lowest BCUT2D eigenvalue weighted by molar-refractivity contribution is 0.140. The molecule has 1 unspecified atom stereocenters. The minimum absolute atomic E-state index is 0.320. The maximum Gasteiger partial charge on any atom is 0.127 e. The summed E-state index contributed by atoms with van der Waals surface area (Å²) in [5.41, 5.74) is 0. The Morgan fingerprint density at radius 2 is 2.05 bits per heavy atom. The van der Waals surface area contributed by atoms with Crippen molar-refractivity contribution in [1.29, 1.82) is 0 Å². The molecule has 1 heterocycles. The van der Waals surface area contributed by atoms with Crippen LogP contribution in [0.25, 0.3) is 10.8 Å². The van der Waals surface area contributed by atoms with Gasteiger partial charge in [-0.1, -0.05) is 43.3 Å². The highest BCUT2D eigenvalue weighted by Crippen LogP contribution is 2.29. The molecule has 100 valence electrons. The van der Waals surface area contributed by atoms with E-state index in [0.717, 1.165) is 25.3 Å². The van der Waals surface area contributed by atoms with E-state index in [1.54, 1.807) is 0 Å². The SMILES string of the molecule is CCC(Oc1cccc2ccccc12)[C@H]1CCNC1. The van der Waals surface area contributed by atoms with E-state index in [2.05, 4.69) is 54.7 Å². The van der Waals surface area contributed by atoms with Crippen molar-refractivity contribution in [3.05, 3.63) is 42.5 Å². The van der Waals surface area contributed by atoms with Gasteiger partial charge in [0.25, 0.3) is 0 Å². The molecule has 19 heavy (non-hydrogen) atoms. The second-order valence-corrected chi connectivity index (χ2v) is 5.29. The van der Waals surface area contributed by atoms with E-state index in [9.17, 15) is 0 Å². The van der Waals surface area contributed by atoms with Gasteiger partial charge in [0.05, 0.1) is 0 Å². The summed E-state index contributed by atoms with van der Waals surface area (Å²) in [5.74, 6) is 1.67. The van der Waals surface area contributed by atoms with Gasteiger partial charge < -0.3 is 10.1 Å². The predicted molar refractivity (Wildman–Crippen MR) is 79.6 cm³/mol. The molecule has 1 fully saturated rings. The van der Waals surface area contributed by atoms with Gasteiger partial charge in [0, 0.05) is 17.8 Å². The molecule has 1 N–H and O–H groups in total. The van der Waals surface area contributed by atoms with Gasteiger partial charge in [-0.15, -0.1) is 0 Å². The minimum atomic E-state index is 0.320.